The molecule has 0 aliphatic carbocycles. The minimum absolute atomic E-state index is 0.141. The van der Waals surface area contributed by atoms with Crippen molar-refractivity contribution in [3.8, 4) is 11.5 Å². The predicted molar refractivity (Wildman–Crippen MR) is 91.3 cm³/mol. The maximum absolute atomic E-state index is 13.2. The molecule has 1 N–H and O–H groups in total. The highest BCUT2D eigenvalue weighted by atomic mass is 32.1. The number of hydrogen-bond acceptors (Lipinski definition) is 5. The average Bonchev–Trinajstić information content (AvgIpc) is 2.95. The lowest BCUT2D eigenvalue weighted by Crippen LogP contribution is -2.19. The van der Waals surface area contributed by atoms with E-state index < -0.39 is 0 Å². The minimum Gasteiger partial charge on any atom is -0.494 e. The summed E-state index contributed by atoms with van der Waals surface area (Å²) in [7, 11) is 0. The van der Waals surface area contributed by atoms with Crippen molar-refractivity contribution in [2.45, 2.75) is 6.92 Å². The first-order chi connectivity index (χ1) is 11.6. The van der Waals surface area contributed by atoms with E-state index in [1.807, 2.05) is 6.92 Å². The highest BCUT2D eigenvalue weighted by Crippen LogP contribution is 2.26. The van der Waals surface area contributed by atoms with Crippen LogP contribution in [0.25, 0.3) is 10.2 Å². The Bertz CT molecular complexity index is 849. The number of carbonyl (C=O) groups excluding carboxylic acids is 1. The van der Waals surface area contributed by atoms with E-state index in [1.54, 1.807) is 30.3 Å². The van der Waals surface area contributed by atoms with Gasteiger partial charge < -0.3 is 9.47 Å². The van der Waals surface area contributed by atoms with Gasteiger partial charge in [0.2, 0.25) is 0 Å². The summed E-state index contributed by atoms with van der Waals surface area (Å²) < 4.78 is 24.6. The Morgan fingerprint density at radius 1 is 1.17 bits per heavy atom. The topological polar surface area (TPSA) is 60.5 Å². The third kappa shape index (κ3) is 3.99. The lowest BCUT2D eigenvalue weighted by atomic mass is 10.3. The van der Waals surface area contributed by atoms with Crippen LogP contribution in [0.4, 0.5) is 9.52 Å². The van der Waals surface area contributed by atoms with Gasteiger partial charge in [-0.15, -0.1) is 0 Å². The summed E-state index contributed by atoms with van der Waals surface area (Å²) in [6, 6.07) is 11.3. The fourth-order valence-corrected chi connectivity index (χ4v) is 2.96. The first-order valence-corrected chi connectivity index (χ1v) is 8.17. The molecule has 0 unspecified atom stereocenters. The number of hydrogen-bond donors (Lipinski definition) is 1. The highest BCUT2D eigenvalue weighted by molar-refractivity contribution is 7.22. The summed E-state index contributed by atoms with van der Waals surface area (Å²) in [5.74, 6) is 0.655. The molecule has 0 radical (unpaired) electrons. The second kappa shape index (κ2) is 7.27. The van der Waals surface area contributed by atoms with E-state index in [-0.39, 0.29) is 18.3 Å². The van der Waals surface area contributed by atoms with Crippen molar-refractivity contribution in [1.29, 1.82) is 0 Å². The van der Waals surface area contributed by atoms with Crippen LogP contribution in [0.1, 0.15) is 6.92 Å². The maximum atomic E-state index is 13.2. The van der Waals surface area contributed by atoms with E-state index in [2.05, 4.69) is 10.3 Å². The summed E-state index contributed by atoms with van der Waals surface area (Å²) in [5.41, 5.74) is 0.643. The Morgan fingerprint density at radius 3 is 2.58 bits per heavy atom. The molecule has 3 aromatic rings. The smallest absolute Gasteiger partial charge is 0.264 e. The molecule has 7 heteroatoms. The molecule has 2 aromatic carbocycles. The fourth-order valence-electron chi connectivity index (χ4n) is 2.05. The molecule has 3 rings (SSSR count). The molecule has 124 valence electrons. The Kier molecular flexibility index (Phi) is 4.90. The van der Waals surface area contributed by atoms with E-state index in [4.69, 9.17) is 9.47 Å². The van der Waals surface area contributed by atoms with Crippen LogP contribution in [0.3, 0.4) is 0 Å². The molecule has 24 heavy (non-hydrogen) atoms. The third-order valence-corrected chi connectivity index (χ3v) is 4.04. The number of thiazole rings is 1. The van der Waals surface area contributed by atoms with Gasteiger partial charge >= 0.3 is 0 Å². The van der Waals surface area contributed by atoms with Crippen LogP contribution in [0, 0.1) is 5.82 Å². The number of benzene rings is 2. The average molecular weight is 346 g/mol. The molecule has 0 fully saturated rings. The van der Waals surface area contributed by atoms with Gasteiger partial charge in [-0.3, -0.25) is 10.1 Å². The molecular formula is C17H15FN2O3S. The molecule has 0 saturated heterocycles. The number of rotatable bonds is 6. The summed E-state index contributed by atoms with van der Waals surface area (Å²) in [4.78, 5) is 16.2. The Morgan fingerprint density at radius 2 is 1.88 bits per heavy atom. The van der Waals surface area contributed by atoms with Gasteiger partial charge in [0.15, 0.2) is 11.7 Å². The van der Waals surface area contributed by atoms with Crippen molar-refractivity contribution in [2.75, 3.05) is 18.5 Å². The summed E-state index contributed by atoms with van der Waals surface area (Å²) in [5, 5.41) is 3.06. The molecule has 0 saturated carbocycles. The van der Waals surface area contributed by atoms with Crippen LogP contribution in [-0.4, -0.2) is 24.1 Å². The van der Waals surface area contributed by atoms with Crippen molar-refractivity contribution in [1.82, 2.24) is 4.98 Å². The van der Waals surface area contributed by atoms with Gasteiger partial charge in [-0.25, -0.2) is 9.37 Å². The minimum atomic E-state index is -0.331. The van der Waals surface area contributed by atoms with Gasteiger partial charge in [-0.05, 0) is 49.4 Å². The number of amides is 1. The molecule has 0 spiro atoms. The van der Waals surface area contributed by atoms with Gasteiger partial charge in [0.25, 0.3) is 5.91 Å². The fraction of sp³-hybridized carbons (Fsp3) is 0.176. The Hall–Kier alpha value is -2.67. The number of aromatic nitrogens is 1. The van der Waals surface area contributed by atoms with Crippen molar-refractivity contribution in [3.63, 3.8) is 0 Å². The van der Waals surface area contributed by atoms with Gasteiger partial charge in [0, 0.05) is 0 Å². The number of fused-ring (bicyclic) bond motifs is 1. The zero-order chi connectivity index (χ0) is 16.9. The van der Waals surface area contributed by atoms with Crippen molar-refractivity contribution in [2.24, 2.45) is 0 Å². The van der Waals surface area contributed by atoms with Gasteiger partial charge in [0.1, 0.15) is 17.3 Å². The van der Waals surface area contributed by atoms with Crippen LogP contribution in [0.5, 0.6) is 11.5 Å². The molecule has 1 heterocycles. The van der Waals surface area contributed by atoms with Crippen LogP contribution in [0.2, 0.25) is 0 Å². The maximum Gasteiger partial charge on any atom is 0.264 e. The monoisotopic (exact) mass is 346 g/mol. The lowest BCUT2D eigenvalue weighted by Gasteiger charge is -2.07. The molecule has 0 aliphatic rings. The normalized spacial score (nSPS) is 10.6. The standard InChI is InChI=1S/C17H15FN2O3S/c1-2-22-12-4-6-13(7-5-12)23-10-16(21)20-17-19-14-8-3-11(18)9-15(14)24-17/h3-9H,2,10H2,1H3,(H,19,20,21). The molecule has 0 bridgehead atoms. The van der Waals surface area contributed by atoms with Crippen LogP contribution < -0.4 is 14.8 Å². The lowest BCUT2D eigenvalue weighted by molar-refractivity contribution is -0.118. The highest BCUT2D eigenvalue weighted by Gasteiger charge is 2.09. The van der Waals surface area contributed by atoms with Crippen LogP contribution >= 0.6 is 11.3 Å². The van der Waals surface area contributed by atoms with E-state index >= 15 is 0 Å². The van der Waals surface area contributed by atoms with E-state index in [0.717, 1.165) is 5.75 Å². The largest absolute Gasteiger partial charge is 0.494 e. The Labute approximate surface area is 142 Å². The number of ether oxygens (including phenoxy) is 2. The summed E-state index contributed by atoms with van der Waals surface area (Å²) in [6.07, 6.45) is 0. The number of nitrogens with one attached hydrogen (secondary N) is 1. The SMILES string of the molecule is CCOc1ccc(OCC(=O)Nc2nc3ccc(F)cc3s2)cc1. The molecule has 1 amide bonds. The molecule has 1 aromatic heterocycles. The first-order valence-electron chi connectivity index (χ1n) is 7.35. The van der Waals surface area contributed by atoms with E-state index in [0.29, 0.717) is 27.7 Å². The Balaban J connectivity index is 1.56. The van der Waals surface area contributed by atoms with Gasteiger partial charge in [-0.1, -0.05) is 11.3 Å². The van der Waals surface area contributed by atoms with Crippen molar-refractivity contribution in [3.05, 3.63) is 48.3 Å². The predicted octanol–water partition coefficient (Wildman–Crippen LogP) is 3.85. The van der Waals surface area contributed by atoms with Crippen LogP contribution in [0.15, 0.2) is 42.5 Å². The molecule has 0 atom stereocenters. The quantitative estimate of drug-likeness (QED) is 0.736. The molecule has 5 nitrogen and oxygen atoms in total. The number of halogens is 1. The second-order valence-corrected chi connectivity index (χ2v) is 5.90. The van der Waals surface area contributed by atoms with Crippen molar-refractivity contribution >= 4 is 32.6 Å². The van der Waals surface area contributed by atoms with Crippen molar-refractivity contribution < 1.29 is 18.7 Å². The zero-order valence-corrected chi connectivity index (χ0v) is 13.7. The van der Waals surface area contributed by atoms with Gasteiger partial charge in [0.05, 0.1) is 16.8 Å². The zero-order valence-electron chi connectivity index (χ0n) is 12.9. The van der Waals surface area contributed by atoms with Crippen LogP contribution in [-0.2, 0) is 4.79 Å². The number of carbonyl (C=O) groups is 1. The van der Waals surface area contributed by atoms with E-state index in [9.17, 15) is 9.18 Å². The number of nitrogens with zero attached hydrogens (tertiary/aromatic N) is 1. The molecule has 0 aliphatic heterocycles. The number of anilines is 1. The second-order valence-electron chi connectivity index (χ2n) is 4.87. The van der Waals surface area contributed by atoms with Gasteiger partial charge in [-0.2, -0.15) is 0 Å². The molecular weight excluding hydrogens is 331 g/mol. The van der Waals surface area contributed by atoms with E-state index in [1.165, 1.54) is 23.5 Å². The summed E-state index contributed by atoms with van der Waals surface area (Å²) >= 11 is 1.21. The first kappa shape index (κ1) is 16.2. The summed E-state index contributed by atoms with van der Waals surface area (Å²) in [6.45, 7) is 2.36. The third-order valence-electron chi connectivity index (χ3n) is 3.10.